The molecule has 0 spiro atoms. The van der Waals surface area contributed by atoms with Gasteiger partial charge in [-0.15, -0.1) is 12.4 Å². The number of benzene rings is 1. The Morgan fingerprint density at radius 2 is 2.12 bits per heavy atom. The van der Waals surface area contributed by atoms with E-state index in [-0.39, 0.29) is 24.2 Å². The molecule has 0 bridgehead atoms. The van der Waals surface area contributed by atoms with Crippen molar-refractivity contribution in [3.8, 4) is 0 Å². The lowest BCUT2D eigenvalue weighted by atomic mass is 9.74. The number of nitrogens with zero attached hydrogens (tertiary/aromatic N) is 2. The van der Waals surface area contributed by atoms with Crippen LogP contribution in [0, 0.1) is 5.92 Å². The molecular formula is C18H25ClN4O. The molecule has 2 unspecified atom stereocenters. The first-order valence-corrected chi connectivity index (χ1v) is 8.21. The molecule has 1 heterocycles. The van der Waals surface area contributed by atoms with Crippen LogP contribution in [0.4, 0.5) is 5.69 Å². The van der Waals surface area contributed by atoms with E-state index >= 15 is 0 Å². The van der Waals surface area contributed by atoms with Crippen LogP contribution in [0.3, 0.4) is 0 Å². The number of aromatic nitrogens is 2. The molecule has 3 N–H and O–H groups in total. The van der Waals surface area contributed by atoms with Crippen LogP contribution in [0.5, 0.6) is 0 Å². The number of rotatable bonds is 4. The summed E-state index contributed by atoms with van der Waals surface area (Å²) in [5.74, 6) is -0.0745. The van der Waals surface area contributed by atoms with Gasteiger partial charge in [0.1, 0.15) is 0 Å². The summed E-state index contributed by atoms with van der Waals surface area (Å²) >= 11 is 0. The Morgan fingerprint density at radius 3 is 2.75 bits per heavy atom. The Morgan fingerprint density at radius 1 is 1.38 bits per heavy atom. The number of carbonyl (C=O) groups is 1. The maximum atomic E-state index is 12.5. The number of hydrogen-bond acceptors (Lipinski definition) is 3. The average Bonchev–Trinajstić information content (AvgIpc) is 3.01. The van der Waals surface area contributed by atoms with E-state index < -0.39 is 5.54 Å². The lowest BCUT2D eigenvalue weighted by Crippen LogP contribution is -2.51. The highest BCUT2D eigenvalue weighted by molar-refractivity contribution is 5.93. The van der Waals surface area contributed by atoms with E-state index in [2.05, 4.69) is 10.4 Å². The van der Waals surface area contributed by atoms with Crippen molar-refractivity contribution in [1.82, 2.24) is 9.78 Å². The minimum Gasteiger partial charge on any atom is -0.326 e. The van der Waals surface area contributed by atoms with Gasteiger partial charge in [0.15, 0.2) is 0 Å². The topological polar surface area (TPSA) is 72.9 Å². The Kier molecular flexibility index (Phi) is 6.02. The second-order valence-corrected chi connectivity index (χ2v) is 6.69. The van der Waals surface area contributed by atoms with Crippen molar-refractivity contribution in [2.45, 2.75) is 44.7 Å². The summed E-state index contributed by atoms with van der Waals surface area (Å²) in [7, 11) is 0. The monoisotopic (exact) mass is 348 g/mol. The lowest BCUT2D eigenvalue weighted by molar-refractivity contribution is -0.122. The zero-order chi connectivity index (χ0) is 16.3. The molecule has 1 aliphatic carbocycles. The number of nitrogens with one attached hydrogen (secondary N) is 1. The van der Waals surface area contributed by atoms with Crippen LogP contribution >= 0.6 is 12.4 Å². The van der Waals surface area contributed by atoms with E-state index in [1.807, 2.05) is 48.1 Å². The summed E-state index contributed by atoms with van der Waals surface area (Å²) in [6.45, 7) is 2.72. The van der Waals surface area contributed by atoms with Gasteiger partial charge < -0.3 is 11.1 Å². The molecule has 2 aromatic rings. The van der Waals surface area contributed by atoms with Gasteiger partial charge in [-0.05, 0) is 43.5 Å². The number of anilines is 1. The maximum absolute atomic E-state index is 12.5. The van der Waals surface area contributed by atoms with Crippen LogP contribution in [0.25, 0.3) is 0 Å². The lowest BCUT2D eigenvalue weighted by Gasteiger charge is -2.37. The maximum Gasteiger partial charge on any atom is 0.229 e. The van der Waals surface area contributed by atoms with Crippen molar-refractivity contribution in [2.24, 2.45) is 11.7 Å². The van der Waals surface area contributed by atoms with E-state index in [9.17, 15) is 4.79 Å². The first-order chi connectivity index (χ1) is 11.0. The standard InChI is InChI=1S/C18H24N4O.ClH/c1-18(19)10-3-2-5-16(18)17(23)21-15-8-6-14(7-9-15)13-22-12-4-11-20-22;/h4,6-9,11-12,16H,2-3,5,10,13,19H2,1H3,(H,21,23);1H. The molecule has 1 aliphatic rings. The zero-order valence-corrected chi connectivity index (χ0v) is 14.8. The predicted molar refractivity (Wildman–Crippen MR) is 98.2 cm³/mol. The van der Waals surface area contributed by atoms with Crippen LogP contribution in [0.15, 0.2) is 42.7 Å². The summed E-state index contributed by atoms with van der Waals surface area (Å²) in [6, 6.07) is 9.81. The zero-order valence-electron chi connectivity index (χ0n) is 13.9. The first-order valence-electron chi connectivity index (χ1n) is 8.21. The van der Waals surface area contributed by atoms with Gasteiger partial charge >= 0.3 is 0 Å². The van der Waals surface area contributed by atoms with E-state index in [0.29, 0.717) is 0 Å². The van der Waals surface area contributed by atoms with Gasteiger partial charge in [0.05, 0.1) is 12.5 Å². The number of halogens is 1. The van der Waals surface area contributed by atoms with Crippen molar-refractivity contribution in [3.63, 3.8) is 0 Å². The number of amides is 1. The third-order valence-corrected chi connectivity index (χ3v) is 4.70. The van der Waals surface area contributed by atoms with E-state index in [4.69, 9.17) is 5.73 Å². The summed E-state index contributed by atoms with van der Waals surface area (Å²) in [5, 5.41) is 7.20. The molecule has 24 heavy (non-hydrogen) atoms. The number of nitrogens with two attached hydrogens (primary N) is 1. The molecule has 3 rings (SSSR count). The molecule has 1 aromatic carbocycles. The second kappa shape index (κ2) is 7.81. The molecule has 1 saturated carbocycles. The molecule has 1 amide bonds. The molecule has 5 nitrogen and oxygen atoms in total. The van der Waals surface area contributed by atoms with E-state index in [1.54, 1.807) is 6.20 Å². The van der Waals surface area contributed by atoms with Crippen molar-refractivity contribution in [2.75, 3.05) is 5.32 Å². The van der Waals surface area contributed by atoms with Crippen LogP contribution in [0.2, 0.25) is 0 Å². The molecule has 0 saturated heterocycles. The van der Waals surface area contributed by atoms with Gasteiger partial charge in [0.25, 0.3) is 0 Å². The highest BCUT2D eigenvalue weighted by atomic mass is 35.5. The van der Waals surface area contributed by atoms with Gasteiger partial charge in [0, 0.05) is 23.6 Å². The number of carbonyl (C=O) groups excluding carboxylic acids is 1. The Hall–Kier alpha value is -1.85. The summed E-state index contributed by atoms with van der Waals surface area (Å²) in [5.41, 5.74) is 7.87. The minimum absolute atomic E-state index is 0. The quantitative estimate of drug-likeness (QED) is 0.891. The molecule has 6 heteroatoms. The fourth-order valence-corrected chi connectivity index (χ4v) is 3.29. The molecule has 1 aromatic heterocycles. The predicted octanol–water partition coefficient (Wildman–Crippen LogP) is 3.20. The largest absolute Gasteiger partial charge is 0.326 e. The van der Waals surface area contributed by atoms with Gasteiger partial charge in [-0.2, -0.15) is 5.10 Å². The molecular weight excluding hydrogens is 324 g/mol. The van der Waals surface area contributed by atoms with Crippen molar-refractivity contribution in [1.29, 1.82) is 0 Å². The van der Waals surface area contributed by atoms with Crippen LogP contribution in [-0.4, -0.2) is 21.2 Å². The van der Waals surface area contributed by atoms with Crippen molar-refractivity contribution < 1.29 is 4.79 Å². The third-order valence-electron chi connectivity index (χ3n) is 4.70. The minimum atomic E-state index is -0.400. The molecule has 0 aliphatic heterocycles. The highest BCUT2D eigenvalue weighted by Gasteiger charge is 2.37. The van der Waals surface area contributed by atoms with Crippen LogP contribution < -0.4 is 11.1 Å². The highest BCUT2D eigenvalue weighted by Crippen LogP contribution is 2.32. The van der Waals surface area contributed by atoms with E-state index in [0.717, 1.165) is 43.5 Å². The summed E-state index contributed by atoms with van der Waals surface area (Å²) in [6.07, 6.45) is 7.67. The summed E-state index contributed by atoms with van der Waals surface area (Å²) in [4.78, 5) is 12.5. The Bertz CT molecular complexity index is 652. The Labute approximate surface area is 149 Å². The van der Waals surface area contributed by atoms with Gasteiger partial charge in [-0.3, -0.25) is 9.48 Å². The van der Waals surface area contributed by atoms with Crippen LogP contribution in [-0.2, 0) is 11.3 Å². The van der Waals surface area contributed by atoms with Gasteiger partial charge in [-0.1, -0.05) is 25.0 Å². The van der Waals surface area contributed by atoms with Crippen LogP contribution in [0.1, 0.15) is 38.2 Å². The SMILES string of the molecule is CC1(N)CCCCC1C(=O)Nc1ccc(Cn2cccn2)cc1.Cl. The van der Waals surface area contributed by atoms with Gasteiger partial charge in [-0.25, -0.2) is 0 Å². The second-order valence-electron chi connectivity index (χ2n) is 6.69. The summed E-state index contributed by atoms with van der Waals surface area (Å²) < 4.78 is 1.87. The fraction of sp³-hybridized carbons (Fsp3) is 0.444. The Balaban J connectivity index is 0.00000208. The molecule has 2 atom stereocenters. The average molecular weight is 349 g/mol. The normalized spacial score (nSPS) is 23.3. The number of hydrogen-bond donors (Lipinski definition) is 2. The molecule has 0 radical (unpaired) electrons. The smallest absolute Gasteiger partial charge is 0.229 e. The van der Waals surface area contributed by atoms with Crippen molar-refractivity contribution in [3.05, 3.63) is 48.3 Å². The van der Waals surface area contributed by atoms with E-state index in [1.165, 1.54) is 0 Å². The van der Waals surface area contributed by atoms with Crippen molar-refractivity contribution >= 4 is 24.0 Å². The van der Waals surface area contributed by atoms with Gasteiger partial charge in [0.2, 0.25) is 5.91 Å². The molecule has 130 valence electrons. The first kappa shape index (κ1) is 18.5. The third kappa shape index (κ3) is 4.36. The molecule has 1 fully saturated rings. The fourth-order valence-electron chi connectivity index (χ4n) is 3.29.